The van der Waals surface area contributed by atoms with Gasteiger partial charge < -0.3 is 5.11 Å². The molecule has 2 rings (SSSR count). The normalized spacial score (nSPS) is 15.1. The molecule has 102 valence electrons. The standard InChI is InChI=1S/C18H19NO/c1-14(20)18(16-10-6-3-7-11-16)17(13-19)12-15-8-4-2-5-9-15/h2-11,14,17-18,20H,12H2,1H3/t14-,17+,18-/m0/s1. The van der Waals surface area contributed by atoms with Gasteiger partial charge in [-0.15, -0.1) is 0 Å². The summed E-state index contributed by atoms with van der Waals surface area (Å²) in [4.78, 5) is 0. The second-order valence-electron chi connectivity index (χ2n) is 5.10. The molecule has 0 aromatic heterocycles. The first-order valence-corrected chi connectivity index (χ1v) is 6.89. The maximum absolute atomic E-state index is 10.1. The van der Waals surface area contributed by atoms with Gasteiger partial charge in [0.25, 0.3) is 0 Å². The van der Waals surface area contributed by atoms with Crippen molar-refractivity contribution in [2.24, 2.45) is 5.92 Å². The molecular formula is C18H19NO. The smallest absolute Gasteiger partial charge is 0.0666 e. The van der Waals surface area contributed by atoms with Crippen LogP contribution in [0.1, 0.15) is 24.0 Å². The van der Waals surface area contributed by atoms with E-state index in [1.165, 1.54) is 0 Å². The highest BCUT2D eigenvalue weighted by atomic mass is 16.3. The minimum absolute atomic E-state index is 0.165. The van der Waals surface area contributed by atoms with Crippen molar-refractivity contribution in [3.05, 3.63) is 71.8 Å². The molecule has 0 spiro atoms. The highest BCUT2D eigenvalue weighted by Crippen LogP contribution is 2.30. The van der Waals surface area contributed by atoms with E-state index in [4.69, 9.17) is 0 Å². The Hall–Kier alpha value is -2.11. The van der Waals surface area contributed by atoms with Crippen LogP contribution in [0.3, 0.4) is 0 Å². The number of hydrogen-bond donors (Lipinski definition) is 1. The van der Waals surface area contributed by atoms with Gasteiger partial charge in [-0.1, -0.05) is 60.7 Å². The van der Waals surface area contributed by atoms with Crippen LogP contribution in [0.4, 0.5) is 0 Å². The van der Waals surface area contributed by atoms with Gasteiger partial charge in [-0.25, -0.2) is 0 Å². The van der Waals surface area contributed by atoms with E-state index in [0.29, 0.717) is 6.42 Å². The highest BCUT2D eigenvalue weighted by molar-refractivity contribution is 5.25. The van der Waals surface area contributed by atoms with Crippen LogP contribution in [0.2, 0.25) is 0 Å². The second-order valence-corrected chi connectivity index (χ2v) is 5.10. The van der Waals surface area contributed by atoms with Crippen molar-refractivity contribution in [2.45, 2.75) is 25.4 Å². The van der Waals surface area contributed by atoms with Gasteiger partial charge in [0.1, 0.15) is 0 Å². The van der Waals surface area contributed by atoms with E-state index in [1.54, 1.807) is 6.92 Å². The first kappa shape index (κ1) is 14.3. The quantitative estimate of drug-likeness (QED) is 0.898. The van der Waals surface area contributed by atoms with Crippen LogP contribution in [-0.4, -0.2) is 11.2 Å². The Balaban J connectivity index is 2.25. The Labute approximate surface area is 120 Å². The topological polar surface area (TPSA) is 44.0 Å². The monoisotopic (exact) mass is 265 g/mol. The summed E-state index contributed by atoms with van der Waals surface area (Å²) in [5.74, 6) is -0.402. The van der Waals surface area contributed by atoms with Crippen molar-refractivity contribution in [3.8, 4) is 6.07 Å². The molecule has 0 aliphatic heterocycles. The highest BCUT2D eigenvalue weighted by Gasteiger charge is 2.27. The number of aliphatic hydroxyl groups excluding tert-OH is 1. The summed E-state index contributed by atoms with van der Waals surface area (Å²) in [6, 6.07) is 22.1. The zero-order valence-electron chi connectivity index (χ0n) is 11.6. The molecule has 0 aliphatic rings. The van der Waals surface area contributed by atoms with Crippen molar-refractivity contribution in [3.63, 3.8) is 0 Å². The van der Waals surface area contributed by atoms with Gasteiger partial charge >= 0.3 is 0 Å². The Bertz CT molecular complexity index is 557. The third-order valence-corrected chi connectivity index (χ3v) is 3.60. The molecule has 2 aromatic rings. The molecule has 0 heterocycles. The van der Waals surface area contributed by atoms with Crippen LogP contribution < -0.4 is 0 Å². The molecule has 0 saturated carbocycles. The molecule has 0 saturated heterocycles. The predicted octanol–water partition coefficient (Wildman–Crippen LogP) is 3.53. The fourth-order valence-electron chi connectivity index (χ4n) is 2.64. The van der Waals surface area contributed by atoms with Crippen molar-refractivity contribution >= 4 is 0 Å². The predicted molar refractivity (Wildman–Crippen MR) is 80.1 cm³/mol. The van der Waals surface area contributed by atoms with E-state index >= 15 is 0 Å². The van der Waals surface area contributed by atoms with Gasteiger partial charge in [0.05, 0.1) is 18.1 Å². The van der Waals surface area contributed by atoms with Crippen LogP contribution in [0, 0.1) is 17.2 Å². The molecule has 0 fully saturated rings. The molecule has 20 heavy (non-hydrogen) atoms. The van der Waals surface area contributed by atoms with Gasteiger partial charge in [0, 0.05) is 5.92 Å². The molecule has 0 radical (unpaired) electrons. The Morgan fingerprint density at radius 2 is 1.55 bits per heavy atom. The zero-order valence-corrected chi connectivity index (χ0v) is 11.6. The lowest BCUT2D eigenvalue weighted by atomic mass is 9.80. The largest absolute Gasteiger partial charge is 0.393 e. The van der Waals surface area contributed by atoms with Crippen LogP contribution in [0.15, 0.2) is 60.7 Å². The first-order valence-electron chi connectivity index (χ1n) is 6.89. The summed E-state index contributed by atoms with van der Waals surface area (Å²) < 4.78 is 0. The molecule has 0 aliphatic carbocycles. The number of rotatable bonds is 5. The number of aliphatic hydroxyl groups is 1. The lowest BCUT2D eigenvalue weighted by Gasteiger charge is -2.25. The second kappa shape index (κ2) is 6.88. The molecule has 0 bridgehead atoms. The molecule has 1 N–H and O–H groups in total. The third-order valence-electron chi connectivity index (χ3n) is 3.60. The minimum Gasteiger partial charge on any atom is -0.393 e. The van der Waals surface area contributed by atoms with E-state index < -0.39 is 6.10 Å². The van der Waals surface area contributed by atoms with Gasteiger partial charge in [-0.2, -0.15) is 5.26 Å². The van der Waals surface area contributed by atoms with Crippen LogP contribution in [-0.2, 0) is 6.42 Å². The zero-order chi connectivity index (χ0) is 14.4. The SMILES string of the molecule is C[C@H](O)[C@@H](c1ccccc1)[C@@H](C#N)Cc1ccccc1. The van der Waals surface area contributed by atoms with E-state index in [2.05, 4.69) is 6.07 Å². The number of hydrogen-bond acceptors (Lipinski definition) is 2. The summed E-state index contributed by atoms with van der Waals surface area (Å²) in [5, 5.41) is 19.6. The maximum atomic E-state index is 10.1. The minimum atomic E-state index is -0.550. The number of benzene rings is 2. The molecule has 2 heteroatoms. The van der Waals surface area contributed by atoms with Gasteiger partial charge in [-0.05, 0) is 24.5 Å². The van der Waals surface area contributed by atoms with Gasteiger partial charge in [0.2, 0.25) is 0 Å². The summed E-state index contributed by atoms with van der Waals surface area (Å²) in [5.41, 5.74) is 2.14. The third kappa shape index (κ3) is 3.46. The average molecular weight is 265 g/mol. The average Bonchev–Trinajstić information content (AvgIpc) is 2.48. The van der Waals surface area contributed by atoms with E-state index in [9.17, 15) is 10.4 Å². The van der Waals surface area contributed by atoms with Gasteiger partial charge in [-0.3, -0.25) is 0 Å². The maximum Gasteiger partial charge on any atom is 0.0666 e. The van der Waals surface area contributed by atoms with Crippen LogP contribution in [0.25, 0.3) is 0 Å². The fraction of sp³-hybridized carbons (Fsp3) is 0.278. The summed E-state index contributed by atoms with van der Waals surface area (Å²) in [6.45, 7) is 1.76. The van der Waals surface area contributed by atoms with Gasteiger partial charge in [0.15, 0.2) is 0 Å². The van der Waals surface area contributed by atoms with Crippen molar-refractivity contribution in [2.75, 3.05) is 0 Å². The van der Waals surface area contributed by atoms with Crippen molar-refractivity contribution in [1.82, 2.24) is 0 Å². The molecule has 0 amide bonds. The van der Waals surface area contributed by atoms with E-state index in [1.807, 2.05) is 60.7 Å². The number of nitrogens with zero attached hydrogens (tertiary/aromatic N) is 1. The fourth-order valence-corrected chi connectivity index (χ4v) is 2.64. The van der Waals surface area contributed by atoms with Crippen molar-refractivity contribution < 1.29 is 5.11 Å². The summed E-state index contributed by atoms with van der Waals surface area (Å²) >= 11 is 0. The molecule has 2 nitrogen and oxygen atoms in total. The Morgan fingerprint density at radius 3 is 2.05 bits per heavy atom. The number of nitriles is 1. The Morgan fingerprint density at radius 1 is 1.00 bits per heavy atom. The van der Waals surface area contributed by atoms with Crippen LogP contribution in [0.5, 0.6) is 0 Å². The lowest BCUT2D eigenvalue weighted by molar-refractivity contribution is 0.143. The molecular weight excluding hydrogens is 246 g/mol. The summed E-state index contributed by atoms with van der Waals surface area (Å²) in [7, 11) is 0. The lowest BCUT2D eigenvalue weighted by Crippen LogP contribution is -2.24. The van der Waals surface area contributed by atoms with Crippen LogP contribution >= 0.6 is 0 Å². The molecule has 0 unspecified atom stereocenters. The summed E-state index contributed by atoms with van der Waals surface area (Å²) in [6.07, 6.45) is 0.104. The van der Waals surface area contributed by atoms with E-state index in [-0.39, 0.29) is 11.8 Å². The molecule has 3 atom stereocenters. The Kier molecular flexibility index (Phi) is 4.92. The van der Waals surface area contributed by atoms with E-state index in [0.717, 1.165) is 11.1 Å². The first-order chi connectivity index (χ1) is 9.72. The molecule has 2 aromatic carbocycles. The van der Waals surface area contributed by atoms with Crippen molar-refractivity contribution in [1.29, 1.82) is 5.26 Å².